The van der Waals surface area contributed by atoms with Gasteiger partial charge in [-0.25, -0.2) is 5.06 Å². The molecule has 1 aliphatic heterocycles. The van der Waals surface area contributed by atoms with Crippen molar-refractivity contribution in [2.45, 2.75) is 43.9 Å². The van der Waals surface area contributed by atoms with Crippen LogP contribution in [0.15, 0.2) is 54.6 Å². The maximum Gasteiger partial charge on any atom is 0.283 e. The molecule has 0 N–H and O–H groups in total. The summed E-state index contributed by atoms with van der Waals surface area (Å²) < 4.78 is 0. The Kier molecular flexibility index (Phi) is 4.00. The summed E-state index contributed by atoms with van der Waals surface area (Å²) in [5.41, 5.74) is 1.11. The first-order chi connectivity index (χ1) is 12.5. The molecule has 0 amide bonds. The summed E-state index contributed by atoms with van der Waals surface area (Å²) in [6.07, 6.45) is 0.0878. The van der Waals surface area contributed by atoms with E-state index >= 15 is 0 Å². The number of hydrogen-bond donors (Lipinski definition) is 0. The van der Waals surface area contributed by atoms with Gasteiger partial charge in [0.1, 0.15) is 0 Å². The number of carbonyl (C=O) groups excluding carboxylic acids is 1. The molecule has 134 valence electrons. The van der Waals surface area contributed by atoms with Crippen molar-refractivity contribution in [3.8, 4) is 0 Å². The lowest BCUT2D eigenvalue weighted by Gasteiger charge is -2.33. The van der Waals surface area contributed by atoms with Crippen molar-refractivity contribution < 1.29 is 14.6 Å². The second kappa shape index (κ2) is 6.21. The molecule has 1 aliphatic carbocycles. The number of hydroxylamine groups is 1. The zero-order valence-corrected chi connectivity index (χ0v) is 14.5. The molecular weight excluding hydrogens is 332 g/mol. The number of nitro groups is 1. The van der Waals surface area contributed by atoms with Crippen molar-refractivity contribution in [1.82, 2.24) is 0 Å². The zero-order chi connectivity index (χ0) is 18.3. The number of aryl methyl sites for hydroxylation is 1. The molecule has 2 aromatic carbocycles. The van der Waals surface area contributed by atoms with Crippen molar-refractivity contribution in [2.24, 2.45) is 0 Å². The third kappa shape index (κ3) is 2.41. The molecule has 0 spiro atoms. The summed E-state index contributed by atoms with van der Waals surface area (Å²) >= 11 is 0. The average molecular weight is 352 g/mol. The van der Waals surface area contributed by atoms with E-state index in [0.717, 1.165) is 11.1 Å². The number of Topliss-reactive ketones (excluding diaryl/α,β-unsaturated/α-hetero) is 1. The smallest absolute Gasteiger partial charge is 0.283 e. The first-order valence-electron chi connectivity index (χ1n) is 8.79. The Bertz CT molecular complexity index is 837. The van der Waals surface area contributed by atoms with Gasteiger partial charge >= 0.3 is 0 Å². The van der Waals surface area contributed by atoms with E-state index in [-0.39, 0.29) is 10.7 Å². The quantitative estimate of drug-likeness (QED) is 0.623. The van der Waals surface area contributed by atoms with Crippen LogP contribution in [0.5, 0.6) is 0 Å². The fourth-order valence-corrected chi connectivity index (χ4v) is 4.14. The van der Waals surface area contributed by atoms with Crippen LogP contribution in [-0.2, 0) is 9.63 Å². The van der Waals surface area contributed by atoms with Crippen molar-refractivity contribution >= 4 is 11.5 Å². The van der Waals surface area contributed by atoms with Crippen molar-refractivity contribution in [3.63, 3.8) is 0 Å². The second-order valence-corrected chi connectivity index (χ2v) is 7.03. The summed E-state index contributed by atoms with van der Waals surface area (Å²) in [5, 5.41) is 13.8. The van der Waals surface area contributed by atoms with Gasteiger partial charge in [-0.2, -0.15) is 0 Å². The number of benzene rings is 2. The standard InChI is InChI=1S/C20H20N2O4/c1-14-9-11-16(12-10-14)21-18(15-6-3-2-4-7-15)20(22(24)25)13-5-8-17(23)19(20)26-21/h2-4,6-7,9-12,18-19H,5,8,13H2,1H3/t18?,19-,20-/m0/s1. The van der Waals surface area contributed by atoms with E-state index < -0.39 is 17.7 Å². The van der Waals surface area contributed by atoms with E-state index in [1.807, 2.05) is 61.5 Å². The lowest BCUT2D eigenvalue weighted by atomic mass is 9.72. The normalized spacial score (nSPS) is 28.0. The van der Waals surface area contributed by atoms with Crippen LogP contribution < -0.4 is 5.06 Å². The Balaban J connectivity index is 1.89. The number of rotatable bonds is 3. The van der Waals surface area contributed by atoms with E-state index in [0.29, 0.717) is 24.9 Å². The molecule has 0 radical (unpaired) electrons. The lowest BCUT2D eigenvalue weighted by molar-refractivity contribution is -0.578. The fraction of sp³-hybridized carbons (Fsp3) is 0.350. The van der Waals surface area contributed by atoms with Crippen molar-refractivity contribution in [1.29, 1.82) is 0 Å². The van der Waals surface area contributed by atoms with Gasteiger partial charge in [-0.1, -0.05) is 48.0 Å². The van der Waals surface area contributed by atoms with E-state index in [1.54, 1.807) is 5.06 Å². The van der Waals surface area contributed by atoms with Crippen LogP contribution in [0.2, 0.25) is 0 Å². The molecule has 2 aromatic rings. The number of nitrogens with zero attached hydrogens (tertiary/aromatic N) is 2. The molecule has 26 heavy (non-hydrogen) atoms. The predicted octanol–water partition coefficient (Wildman–Crippen LogP) is 3.63. The number of hydrogen-bond acceptors (Lipinski definition) is 5. The molecule has 6 heteroatoms. The molecule has 1 saturated heterocycles. The summed E-state index contributed by atoms with van der Waals surface area (Å²) in [4.78, 5) is 30.5. The van der Waals surface area contributed by atoms with Crippen LogP contribution in [0.4, 0.5) is 5.69 Å². The minimum absolute atomic E-state index is 0.191. The largest absolute Gasteiger partial charge is 0.296 e. The third-order valence-corrected chi connectivity index (χ3v) is 5.42. The van der Waals surface area contributed by atoms with Gasteiger partial charge in [-0.3, -0.25) is 19.7 Å². The highest BCUT2D eigenvalue weighted by Crippen LogP contribution is 2.51. The Labute approximate surface area is 151 Å². The second-order valence-electron chi connectivity index (χ2n) is 7.03. The lowest BCUT2D eigenvalue weighted by Crippen LogP contribution is -2.55. The summed E-state index contributed by atoms with van der Waals surface area (Å²) in [6, 6.07) is 16.3. The van der Waals surface area contributed by atoms with Gasteiger partial charge in [0.15, 0.2) is 11.8 Å². The minimum atomic E-state index is -1.47. The van der Waals surface area contributed by atoms with Crippen LogP contribution in [0.3, 0.4) is 0 Å². The average Bonchev–Trinajstić information content (AvgIpc) is 3.01. The maximum atomic E-state index is 12.5. The van der Waals surface area contributed by atoms with Crippen LogP contribution in [0.1, 0.15) is 36.4 Å². The zero-order valence-electron chi connectivity index (χ0n) is 14.5. The molecule has 1 saturated carbocycles. The highest BCUT2D eigenvalue weighted by atomic mass is 16.7. The highest BCUT2D eigenvalue weighted by Gasteiger charge is 2.69. The van der Waals surface area contributed by atoms with Gasteiger partial charge in [0, 0.05) is 17.8 Å². The Morgan fingerprint density at radius 3 is 2.50 bits per heavy atom. The number of ketones is 1. The van der Waals surface area contributed by atoms with Crippen LogP contribution >= 0.6 is 0 Å². The van der Waals surface area contributed by atoms with Crippen LogP contribution in [0.25, 0.3) is 0 Å². The van der Waals surface area contributed by atoms with E-state index in [1.165, 1.54) is 0 Å². The van der Waals surface area contributed by atoms with Gasteiger partial charge in [-0.15, -0.1) is 0 Å². The van der Waals surface area contributed by atoms with Gasteiger partial charge < -0.3 is 0 Å². The summed E-state index contributed by atoms with van der Waals surface area (Å²) in [7, 11) is 0. The molecule has 6 nitrogen and oxygen atoms in total. The van der Waals surface area contributed by atoms with Gasteiger partial charge in [-0.05, 0) is 31.0 Å². The molecule has 1 heterocycles. The van der Waals surface area contributed by atoms with Gasteiger partial charge in [0.2, 0.25) is 6.10 Å². The molecule has 4 rings (SSSR count). The third-order valence-electron chi connectivity index (χ3n) is 5.42. The number of anilines is 1. The van der Waals surface area contributed by atoms with Crippen molar-refractivity contribution in [3.05, 3.63) is 75.8 Å². The molecule has 3 atom stereocenters. The topological polar surface area (TPSA) is 72.7 Å². The van der Waals surface area contributed by atoms with Gasteiger partial charge in [0.05, 0.1) is 5.69 Å². The molecular formula is C20H20N2O4. The minimum Gasteiger partial charge on any atom is -0.296 e. The Morgan fingerprint density at radius 2 is 1.85 bits per heavy atom. The van der Waals surface area contributed by atoms with E-state index in [9.17, 15) is 14.9 Å². The van der Waals surface area contributed by atoms with Crippen molar-refractivity contribution in [2.75, 3.05) is 5.06 Å². The fourth-order valence-electron chi connectivity index (χ4n) is 4.14. The first-order valence-corrected chi connectivity index (χ1v) is 8.79. The summed E-state index contributed by atoms with van der Waals surface area (Å²) in [6.45, 7) is 1.98. The number of fused-ring (bicyclic) bond motifs is 1. The monoisotopic (exact) mass is 352 g/mol. The molecule has 2 aliphatic rings. The molecule has 0 aromatic heterocycles. The van der Waals surface area contributed by atoms with Crippen LogP contribution in [-0.4, -0.2) is 22.3 Å². The first kappa shape index (κ1) is 16.7. The Morgan fingerprint density at radius 1 is 1.15 bits per heavy atom. The highest BCUT2D eigenvalue weighted by molar-refractivity contribution is 5.86. The molecule has 0 bridgehead atoms. The van der Waals surface area contributed by atoms with Crippen LogP contribution in [0, 0.1) is 17.0 Å². The summed E-state index contributed by atoms with van der Waals surface area (Å²) in [5.74, 6) is -0.191. The molecule has 1 unspecified atom stereocenters. The molecule has 2 fully saturated rings. The maximum absolute atomic E-state index is 12.5. The van der Waals surface area contributed by atoms with Gasteiger partial charge in [0.25, 0.3) is 5.54 Å². The predicted molar refractivity (Wildman–Crippen MR) is 96.3 cm³/mol. The van der Waals surface area contributed by atoms with E-state index in [2.05, 4.69) is 0 Å². The SMILES string of the molecule is Cc1ccc(N2O[C@H]3C(=O)CCC[C@]3([N+](=O)[O-])C2c2ccccc2)cc1. The number of carbonyl (C=O) groups is 1. The van der Waals surface area contributed by atoms with E-state index in [4.69, 9.17) is 4.84 Å². The Hall–Kier alpha value is -2.73.